The minimum Gasteiger partial charge on any atom is -0.456 e. The molecular formula is C16H23NO2S. The fourth-order valence-electron chi connectivity index (χ4n) is 2.65. The Hall–Kier alpha value is -1.00. The Labute approximate surface area is 125 Å². The molecule has 0 unspecified atom stereocenters. The molecule has 1 aliphatic rings. The molecule has 1 aromatic rings. The summed E-state index contributed by atoms with van der Waals surface area (Å²) in [5.41, 5.74) is 0.230. The van der Waals surface area contributed by atoms with Gasteiger partial charge in [0.05, 0.1) is 5.56 Å². The molecule has 2 rings (SSSR count). The summed E-state index contributed by atoms with van der Waals surface area (Å²) < 4.78 is 5.79. The summed E-state index contributed by atoms with van der Waals surface area (Å²) in [6, 6.07) is 7.62. The summed E-state index contributed by atoms with van der Waals surface area (Å²) >= 11 is 1.63. The molecule has 4 heteroatoms. The van der Waals surface area contributed by atoms with Crippen LogP contribution >= 0.6 is 11.8 Å². The molecule has 0 spiro atoms. The number of thioether (sulfide) groups is 1. The lowest BCUT2D eigenvalue weighted by Gasteiger charge is -2.36. The van der Waals surface area contributed by atoms with Gasteiger partial charge in [0.25, 0.3) is 0 Å². The number of hydrogen-bond donors (Lipinski definition) is 1. The van der Waals surface area contributed by atoms with Crippen molar-refractivity contribution in [2.75, 3.05) is 19.3 Å². The minimum absolute atomic E-state index is 0.218. The van der Waals surface area contributed by atoms with Crippen LogP contribution < -0.4 is 5.32 Å². The summed E-state index contributed by atoms with van der Waals surface area (Å²) in [6.45, 7) is 6.07. The van der Waals surface area contributed by atoms with E-state index in [0.717, 1.165) is 30.8 Å². The zero-order chi connectivity index (χ0) is 14.6. The first-order valence-corrected chi connectivity index (χ1v) is 8.33. The topological polar surface area (TPSA) is 38.3 Å². The standard InChI is InChI=1S/C16H23NO2S/c1-16(2,13-7-9-17-10-8-13)19-15(18)12-5-4-6-14(11-12)20-3/h4-6,11,13,17H,7-10H2,1-3H3. The molecular weight excluding hydrogens is 270 g/mol. The van der Waals surface area contributed by atoms with Crippen molar-refractivity contribution in [2.45, 2.75) is 37.2 Å². The molecule has 0 atom stereocenters. The molecule has 1 fully saturated rings. The summed E-state index contributed by atoms with van der Waals surface area (Å²) in [4.78, 5) is 13.4. The number of carbonyl (C=O) groups is 1. The van der Waals surface area contributed by atoms with Gasteiger partial charge in [0.15, 0.2) is 0 Å². The largest absolute Gasteiger partial charge is 0.456 e. The summed E-state index contributed by atoms with van der Waals surface area (Å²) in [7, 11) is 0. The number of hydrogen-bond acceptors (Lipinski definition) is 4. The molecule has 0 saturated carbocycles. The second-order valence-electron chi connectivity index (χ2n) is 5.75. The highest BCUT2D eigenvalue weighted by molar-refractivity contribution is 7.98. The van der Waals surface area contributed by atoms with Crippen LogP contribution in [0.4, 0.5) is 0 Å². The number of esters is 1. The van der Waals surface area contributed by atoms with Gasteiger partial charge in [0.1, 0.15) is 5.60 Å². The summed E-state index contributed by atoms with van der Waals surface area (Å²) in [5.74, 6) is 0.209. The zero-order valence-electron chi connectivity index (χ0n) is 12.4. The van der Waals surface area contributed by atoms with E-state index in [1.165, 1.54) is 0 Å². The van der Waals surface area contributed by atoms with E-state index < -0.39 is 5.60 Å². The van der Waals surface area contributed by atoms with Crippen molar-refractivity contribution >= 4 is 17.7 Å². The van der Waals surface area contributed by atoms with Gasteiger partial charge in [0.2, 0.25) is 0 Å². The van der Waals surface area contributed by atoms with Crippen molar-refractivity contribution in [3.8, 4) is 0 Å². The Kier molecular flexibility index (Phi) is 5.11. The monoisotopic (exact) mass is 293 g/mol. The van der Waals surface area contributed by atoms with Gasteiger partial charge >= 0.3 is 5.97 Å². The van der Waals surface area contributed by atoms with Crippen LogP contribution in [-0.4, -0.2) is 30.9 Å². The van der Waals surface area contributed by atoms with Crippen molar-refractivity contribution < 1.29 is 9.53 Å². The Morgan fingerprint density at radius 3 is 2.70 bits per heavy atom. The molecule has 1 heterocycles. The van der Waals surface area contributed by atoms with Crippen LogP contribution in [0.1, 0.15) is 37.0 Å². The number of carbonyl (C=O) groups excluding carboxylic acids is 1. The molecule has 110 valence electrons. The third kappa shape index (κ3) is 3.76. The number of piperidine rings is 1. The van der Waals surface area contributed by atoms with E-state index in [2.05, 4.69) is 5.32 Å². The third-order valence-corrected chi connectivity index (χ3v) is 4.71. The number of benzene rings is 1. The van der Waals surface area contributed by atoms with Crippen molar-refractivity contribution in [3.05, 3.63) is 29.8 Å². The highest BCUT2D eigenvalue weighted by Crippen LogP contribution is 2.30. The van der Waals surface area contributed by atoms with E-state index in [4.69, 9.17) is 4.74 Å². The molecule has 0 aromatic heterocycles. The lowest BCUT2D eigenvalue weighted by atomic mass is 9.83. The second-order valence-corrected chi connectivity index (χ2v) is 6.63. The minimum atomic E-state index is -0.408. The molecule has 20 heavy (non-hydrogen) atoms. The Bertz CT molecular complexity index is 467. The molecule has 3 nitrogen and oxygen atoms in total. The zero-order valence-corrected chi connectivity index (χ0v) is 13.3. The van der Waals surface area contributed by atoms with Crippen LogP contribution in [0, 0.1) is 5.92 Å². The predicted octanol–water partition coefficient (Wildman–Crippen LogP) is 3.34. The lowest BCUT2D eigenvalue weighted by Crippen LogP contribution is -2.42. The van der Waals surface area contributed by atoms with Gasteiger partial charge in [-0.3, -0.25) is 0 Å². The van der Waals surface area contributed by atoms with Gasteiger partial charge < -0.3 is 10.1 Å². The van der Waals surface area contributed by atoms with Crippen molar-refractivity contribution in [1.82, 2.24) is 5.32 Å². The van der Waals surface area contributed by atoms with Gasteiger partial charge in [-0.05, 0) is 64.2 Å². The van der Waals surface area contributed by atoms with Crippen LogP contribution in [0.25, 0.3) is 0 Å². The van der Waals surface area contributed by atoms with Crippen molar-refractivity contribution in [3.63, 3.8) is 0 Å². The molecule has 1 N–H and O–H groups in total. The van der Waals surface area contributed by atoms with E-state index >= 15 is 0 Å². The van der Waals surface area contributed by atoms with E-state index in [9.17, 15) is 4.79 Å². The molecule has 1 saturated heterocycles. The number of ether oxygens (including phenoxy) is 1. The first-order chi connectivity index (χ1) is 9.53. The number of nitrogens with one attached hydrogen (secondary N) is 1. The molecule has 1 aliphatic heterocycles. The normalized spacial score (nSPS) is 16.9. The van der Waals surface area contributed by atoms with E-state index in [-0.39, 0.29) is 5.97 Å². The highest BCUT2D eigenvalue weighted by atomic mass is 32.2. The maximum atomic E-state index is 12.3. The van der Waals surface area contributed by atoms with Gasteiger partial charge in [-0.25, -0.2) is 4.79 Å². The lowest BCUT2D eigenvalue weighted by molar-refractivity contribution is -0.0368. The first-order valence-electron chi connectivity index (χ1n) is 7.11. The molecule has 0 aliphatic carbocycles. The smallest absolute Gasteiger partial charge is 0.338 e. The molecule has 0 bridgehead atoms. The van der Waals surface area contributed by atoms with Crippen LogP contribution in [0.15, 0.2) is 29.2 Å². The quantitative estimate of drug-likeness (QED) is 0.682. The maximum absolute atomic E-state index is 12.3. The summed E-state index contributed by atoms with van der Waals surface area (Å²) in [5, 5.41) is 3.34. The van der Waals surface area contributed by atoms with Crippen molar-refractivity contribution in [2.24, 2.45) is 5.92 Å². The molecule has 0 amide bonds. The van der Waals surface area contributed by atoms with E-state index in [1.54, 1.807) is 11.8 Å². The van der Waals surface area contributed by atoms with Gasteiger partial charge in [-0.1, -0.05) is 6.07 Å². The highest BCUT2D eigenvalue weighted by Gasteiger charge is 2.34. The fourth-order valence-corrected chi connectivity index (χ4v) is 3.11. The molecule has 0 radical (unpaired) electrons. The van der Waals surface area contributed by atoms with Crippen LogP contribution in [0.2, 0.25) is 0 Å². The van der Waals surface area contributed by atoms with Crippen LogP contribution in [0.3, 0.4) is 0 Å². The SMILES string of the molecule is CSc1cccc(C(=O)OC(C)(C)C2CCNCC2)c1. The van der Waals surface area contributed by atoms with E-state index in [1.807, 2.05) is 44.4 Å². The number of rotatable bonds is 4. The van der Waals surface area contributed by atoms with E-state index in [0.29, 0.717) is 11.5 Å². The van der Waals surface area contributed by atoms with Crippen molar-refractivity contribution in [1.29, 1.82) is 0 Å². The second kappa shape index (κ2) is 6.64. The Morgan fingerprint density at radius 1 is 1.35 bits per heavy atom. The summed E-state index contributed by atoms with van der Waals surface area (Å²) in [6.07, 6.45) is 4.12. The predicted molar refractivity (Wildman–Crippen MR) is 83.3 cm³/mol. The average Bonchev–Trinajstić information content (AvgIpc) is 2.48. The third-order valence-electron chi connectivity index (χ3n) is 3.98. The van der Waals surface area contributed by atoms with Gasteiger partial charge in [-0.15, -0.1) is 11.8 Å². The Morgan fingerprint density at radius 2 is 2.05 bits per heavy atom. The van der Waals surface area contributed by atoms with Gasteiger partial charge in [0, 0.05) is 10.8 Å². The fraction of sp³-hybridized carbons (Fsp3) is 0.562. The van der Waals surface area contributed by atoms with Crippen LogP contribution in [0.5, 0.6) is 0 Å². The van der Waals surface area contributed by atoms with Crippen LogP contribution in [-0.2, 0) is 4.74 Å². The average molecular weight is 293 g/mol. The van der Waals surface area contributed by atoms with Gasteiger partial charge in [-0.2, -0.15) is 0 Å². The Balaban J connectivity index is 2.05. The maximum Gasteiger partial charge on any atom is 0.338 e. The molecule has 1 aromatic carbocycles. The first kappa shape index (κ1) is 15.4.